The van der Waals surface area contributed by atoms with Crippen LogP contribution in [0, 0.1) is 18.7 Å². The van der Waals surface area contributed by atoms with E-state index >= 15 is 0 Å². The summed E-state index contributed by atoms with van der Waals surface area (Å²) in [5.74, 6) is -1.47. The molecular formula is C14H20FNO2. The third-order valence-corrected chi connectivity index (χ3v) is 3.19. The van der Waals surface area contributed by atoms with Crippen LogP contribution in [0.4, 0.5) is 4.39 Å². The summed E-state index contributed by atoms with van der Waals surface area (Å²) >= 11 is 0. The molecule has 0 heterocycles. The monoisotopic (exact) mass is 253 g/mol. The molecule has 0 aliphatic rings. The predicted molar refractivity (Wildman–Crippen MR) is 69.0 cm³/mol. The van der Waals surface area contributed by atoms with E-state index in [9.17, 15) is 9.18 Å². The standard InChI is InChI=1S/C14H20FNO2/c1-9-7-11(5-6-12(9)15)13(16(3)4)8-10(2)14(17)18/h5-7,10,13H,8H2,1-4H3,(H,17,18). The first-order valence-electron chi connectivity index (χ1n) is 5.98. The number of aliphatic carboxylic acids is 1. The fourth-order valence-electron chi connectivity index (χ4n) is 1.96. The molecule has 0 aromatic heterocycles. The van der Waals surface area contributed by atoms with E-state index in [2.05, 4.69) is 0 Å². The van der Waals surface area contributed by atoms with Crippen LogP contribution in [-0.2, 0) is 4.79 Å². The first kappa shape index (κ1) is 14.6. The van der Waals surface area contributed by atoms with E-state index in [1.54, 1.807) is 26.0 Å². The van der Waals surface area contributed by atoms with Crippen molar-refractivity contribution in [3.05, 3.63) is 35.1 Å². The molecule has 2 atom stereocenters. The summed E-state index contributed by atoms with van der Waals surface area (Å²) in [6.45, 7) is 3.40. The van der Waals surface area contributed by atoms with Gasteiger partial charge < -0.3 is 10.0 Å². The summed E-state index contributed by atoms with van der Waals surface area (Å²) in [4.78, 5) is 12.9. The molecule has 0 spiro atoms. The zero-order valence-electron chi connectivity index (χ0n) is 11.3. The van der Waals surface area contributed by atoms with Gasteiger partial charge in [-0.05, 0) is 44.6 Å². The Morgan fingerprint density at radius 1 is 1.44 bits per heavy atom. The molecular weight excluding hydrogens is 233 g/mol. The van der Waals surface area contributed by atoms with Gasteiger partial charge in [0, 0.05) is 6.04 Å². The van der Waals surface area contributed by atoms with Crippen molar-refractivity contribution < 1.29 is 14.3 Å². The number of nitrogens with zero attached hydrogens (tertiary/aromatic N) is 1. The second-order valence-electron chi connectivity index (χ2n) is 4.96. The topological polar surface area (TPSA) is 40.5 Å². The summed E-state index contributed by atoms with van der Waals surface area (Å²) in [5.41, 5.74) is 1.54. The summed E-state index contributed by atoms with van der Waals surface area (Å²) < 4.78 is 13.2. The van der Waals surface area contributed by atoms with Crippen LogP contribution < -0.4 is 0 Å². The maximum atomic E-state index is 13.2. The molecule has 3 nitrogen and oxygen atoms in total. The lowest BCUT2D eigenvalue weighted by molar-refractivity contribution is -0.141. The molecule has 100 valence electrons. The molecule has 1 aromatic rings. The number of halogens is 1. The normalized spacial score (nSPS) is 14.6. The zero-order valence-corrected chi connectivity index (χ0v) is 11.3. The molecule has 0 saturated carbocycles. The Kier molecular flexibility index (Phi) is 4.84. The summed E-state index contributed by atoms with van der Waals surface area (Å²) in [6.07, 6.45) is 0.507. The molecule has 2 unspecified atom stereocenters. The fourth-order valence-corrected chi connectivity index (χ4v) is 1.96. The molecule has 0 aliphatic carbocycles. The number of benzene rings is 1. The van der Waals surface area contributed by atoms with Gasteiger partial charge in [-0.25, -0.2) is 4.39 Å². The van der Waals surface area contributed by atoms with E-state index in [4.69, 9.17) is 5.11 Å². The molecule has 1 N–H and O–H groups in total. The summed E-state index contributed by atoms with van der Waals surface area (Å²) in [6, 6.07) is 4.93. The minimum Gasteiger partial charge on any atom is -0.481 e. The van der Waals surface area contributed by atoms with Gasteiger partial charge in [-0.3, -0.25) is 4.79 Å². The van der Waals surface area contributed by atoms with Crippen LogP contribution in [-0.4, -0.2) is 30.1 Å². The van der Waals surface area contributed by atoms with Crippen molar-refractivity contribution in [3.8, 4) is 0 Å². The van der Waals surface area contributed by atoms with Crippen LogP contribution in [0.2, 0.25) is 0 Å². The van der Waals surface area contributed by atoms with Gasteiger partial charge in [0.05, 0.1) is 5.92 Å². The van der Waals surface area contributed by atoms with Gasteiger partial charge >= 0.3 is 5.97 Å². The second-order valence-corrected chi connectivity index (χ2v) is 4.96. The van der Waals surface area contributed by atoms with E-state index in [0.717, 1.165) is 5.56 Å². The lowest BCUT2D eigenvalue weighted by Crippen LogP contribution is -2.24. The maximum Gasteiger partial charge on any atom is 0.306 e. The average Bonchev–Trinajstić information content (AvgIpc) is 2.29. The maximum absolute atomic E-state index is 13.2. The van der Waals surface area contributed by atoms with E-state index < -0.39 is 11.9 Å². The number of rotatable bonds is 5. The van der Waals surface area contributed by atoms with Crippen LogP contribution in [0.5, 0.6) is 0 Å². The number of carboxylic acids is 1. The molecule has 1 rings (SSSR count). The van der Waals surface area contributed by atoms with Gasteiger partial charge in [0.1, 0.15) is 5.82 Å². The third-order valence-electron chi connectivity index (χ3n) is 3.19. The number of hydrogen-bond donors (Lipinski definition) is 1. The Labute approximate surface area is 107 Å². The van der Waals surface area contributed by atoms with Crippen LogP contribution in [0.1, 0.15) is 30.5 Å². The van der Waals surface area contributed by atoms with Crippen molar-refractivity contribution >= 4 is 5.97 Å². The van der Waals surface area contributed by atoms with E-state index in [-0.39, 0.29) is 11.9 Å². The average molecular weight is 253 g/mol. The van der Waals surface area contributed by atoms with E-state index in [0.29, 0.717) is 12.0 Å². The highest BCUT2D eigenvalue weighted by atomic mass is 19.1. The highest BCUT2D eigenvalue weighted by Gasteiger charge is 2.21. The fraction of sp³-hybridized carbons (Fsp3) is 0.500. The Morgan fingerprint density at radius 3 is 2.50 bits per heavy atom. The Bertz CT molecular complexity index is 432. The number of hydrogen-bond acceptors (Lipinski definition) is 2. The first-order valence-corrected chi connectivity index (χ1v) is 5.98. The smallest absolute Gasteiger partial charge is 0.306 e. The molecule has 0 bridgehead atoms. The lowest BCUT2D eigenvalue weighted by atomic mass is 9.94. The van der Waals surface area contributed by atoms with Gasteiger partial charge in [-0.15, -0.1) is 0 Å². The Morgan fingerprint density at radius 2 is 2.06 bits per heavy atom. The van der Waals surface area contributed by atoms with Crippen molar-refractivity contribution in [1.29, 1.82) is 0 Å². The predicted octanol–water partition coefficient (Wildman–Crippen LogP) is 2.85. The van der Waals surface area contributed by atoms with Crippen molar-refractivity contribution in [2.75, 3.05) is 14.1 Å². The Hall–Kier alpha value is -1.42. The number of carboxylic acid groups (broad SMARTS) is 1. The molecule has 18 heavy (non-hydrogen) atoms. The van der Waals surface area contributed by atoms with Crippen molar-refractivity contribution in [3.63, 3.8) is 0 Å². The molecule has 0 radical (unpaired) electrons. The van der Waals surface area contributed by atoms with Crippen LogP contribution >= 0.6 is 0 Å². The molecule has 0 fully saturated rings. The van der Waals surface area contributed by atoms with Crippen molar-refractivity contribution in [2.45, 2.75) is 26.3 Å². The second kappa shape index (κ2) is 5.96. The highest BCUT2D eigenvalue weighted by molar-refractivity contribution is 5.69. The zero-order chi connectivity index (χ0) is 13.9. The van der Waals surface area contributed by atoms with Gasteiger partial charge in [-0.2, -0.15) is 0 Å². The van der Waals surface area contributed by atoms with Gasteiger partial charge in [0.2, 0.25) is 0 Å². The van der Waals surface area contributed by atoms with Crippen LogP contribution in [0.15, 0.2) is 18.2 Å². The molecule has 0 amide bonds. The first-order chi connectivity index (χ1) is 8.32. The third kappa shape index (κ3) is 3.53. The SMILES string of the molecule is Cc1cc(C(CC(C)C(=O)O)N(C)C)ccc1F. The highest BCUT2D eigenvalue weighted by Crippen LogP contribution is 2.27. The summed E-state index contributed by atoms with van der Waals surface area (Å²) in [5, 5.41) is 8.98. The lowest BCUT2D eigenvalue weighted by Gasteiger charge is -2.26. The van der Waals surface area contributed by atoms with Gasteiger partial charge in [0.15, 0.2) is 0 Å². The van der Waals surface area contributed by atoms with Crippen LogP contribution in [0.25, 0.3) is 0 Å². The van der Waals surface area contributed by atoms with Gasteiger partial charge in [0.25, 0.3) is 0 Å². The Balaban J connectivity index is 2.97. The van der Waals surface area contributed by atoms with Crippen molar-refractivity contribution in [1.82, 2.24) is 4.90 Å². The number of aryl methyl sites for hydroxylation is 1. The van der Waals surface area contributed by atoms with Gasteiger partial charge in [-0.1, -0.05) is 19.1 Å². The van der Waals surface area contributed by atoms with E-state index in [1.807, 2.05) is 19.0 Å². The number of carbonyl (C=O) groups is 1. The minimum atomic E-state index is -0.805. The van der Waals surface area contributed by atoms with Crippen molar-refractivity contribution in [2.24, 2.45) is 5.92 Å². The molecule has 4 heteroatoms. The molecule has 0 saturated heterocycles. The van der Waals surface area contributed by atoms with Crippen LogP contribution in [0.3, 0.4) is 0 Å². The summed E-state index contributed by atoms with van der Waals surface area (Å²) in [7, 11) is 3.80. The minimum absolute atomic E-state index is 0.0181. The molecule has 0 aliphatic heterocycles. The van der Waals surface area contributed by atoms with E-state index in [1.165, 1.54) is 6.07 Å². The quantitative estimate of drug-likeness (QED) is 0.877. The molecule has 1 aromatic carbocycles. The largest absolute Gasteiger partial charge is 0.481 e.